The van der Waals surface area contributed by atoms with Crippen LogP contribution in [-0.2, 0) is 0 Å². The van der Waals surface area contributed by atoms with Gasteiger partial charge in [-0.2, -0.15) is 10.5 Å². The number of nitrogens with zero attached hydrogens (tertiary/aromatic N) is 2. The van der Waals surface area contributed by atoms with Crippen LogP contribution in [0.3, 0.4) is 0 Å². The second-order valence-electron chi connectivity index (χ2n) is 2.86. The molecule has 2 nitrogen and oxygen atoms in total. The minimum absolute atomic E-state index is 0.238. The Bertz CT molecular complexity index is 473. The maximum atomic E-state index is 8.77. The standard InChI is InChI=1S/C11H6N2S/c12-5-8(6-13)10-7-14-11-4-2-1-3-9(10)11/h1-4H,7H2. The summed E-state index contributed by atoms with van der Waals surface area (Å²) in [7, 11) is 0. The van der Waals surface area contributed by atoms with Crippen molar-refractivity contribution in [3.63, 3.8) is 0 Å². The Hall–Kier alpha value is -1.71. The van der Waals surface area contributed by atoms with Gasteiger partial charge in [-0.25, -0.2) is 0 Å². The summed E-state index contributed by atoms with van der Waals surface area (Å²) in [5, 5.41) is 17.5. The van der Waals surface area contributed by atoms with Gasteiger partial charge in [0.05, 0.1) is 0 Å². The van der Waals surface area contributed by atoms with Crippen molar-refractivity contribution in [3.05, 3.63) is 35.4 Å². The van der Waals surface area contributed by atoms with Gasteiger partial charge in [0.1, 0.15) is 17.7 Å². The molecular weight excluding hydrogens is 192 g/mol. The first-order chi connectivity index (χ1) is 6.86. The van der Waals surface area contributed by atoms with E-state index in [1.165, 1.54) is 0 Å². The molecule has 1 aliphatic heterocycles. The van der Waals surface area contributed by atoms with E-state index in [4.69, 9.17) is 10.5 Å². The Labute approximate surface area is 86.5 Å². The highest BCUT2D eigenvalue weighted by Gasteiger charge is 2.19. The third kappa shape index (κ3) is 1.28. The van der Waals surface area contributed by atoms with Crippen molar-refractivity contribution < 1.29 is 0 Å². The van der Waals surface area contributed by atoms with Gasteiger partial charge in [0.2, 0.25) is 0 Å². The fourth-order valence-corrected chi connectivity index (χ4v) is 2.56. The summed E-state index contributed by atoms with van der Waals surface area (Å²) in [6.45, 7) is 0. The van der Waals surface area contributed by atoms with Crippen LogP contribution in [0.5, 0.6) is 0 Å². The number of benzene rings is 1. The molecule has 1 aromatic rings. The van der Waals surface area contributed by atoms with Crippen LogP contribution in [0, 0.1) is 22.7 Å². The zero-order valence-corrected chi connectivity index (χ0v) is 8.14. The number of hydrogen-bond donors (Lipinski definition) is 0. The molecule has 0 bridgehead atoms. The number of thioether (sulfide) groups is 1. The van der Waals surface area contributed by atoms with E-state index in [2.05, 4.69) is 0 Å². The van der Waals surface area contributed by atoms with Gasteiger partial charge < -0.3 is 0 Å². The smallest absolute Gasteiger partial charge is 0.134 e. The van der Waals surface area contributed by atoms with Crippen molar-refractivity contribution in [2.24, 2.45) is 0 Å². The quantitative estimate of drug-likeness (QED) is 0.602. The van der Waals surface area contributed by atoms with Crippen LogP contribution < -0.4 is 0 Å². The van der Waals surface area contributed by atoms with Gasteiger partial charge in [0, 0.05) is 10.6 Å². The molecule has 1 aromatic carbocycles. The Morgan fingerprint density at radius 1 is 1.21 bits per heavy atom. The first kappa shape index (κ1) is 8.87. The number of rotatable bonds is 0. The molecule has 0 unspecified atom stereocenters. The normalized spacial score (nSPS) is 12.9. The van der Waals surface area contributed by atoms with Crippen LogP contribution in [0.15, 0.2) is 34.7 Å². The minimum Gasteiger partial charge on any atom is -0.192 e. The predicted molar refractivity (Wildman–Crippen MR) is 55.3 cm³/mol. The average molecular weight is 198 g/mol. The van der Waals surface area contributed by atoms with Crippen molar-refractivity contribution in [1.82, 2.24) is 0 Å². The van der Waals surface area contributed by atoms with E-state index in [1.54, 1.807) is 11.8 Å². The Morgan fingerprint density at radius 2 is 1.93 bits per heavy atom. The topological polar surface area (TPSA) is 47.6 Å². The van der Waals surface area contributed by atoms with Gasteiger partial charge in [0.25, 0.3) is 0 Å². The first-order valence-electron chi connectivity index (χ1n) is 4.12. The van der Waals surface area contributed by atoms with E-state index in [0.717, 1.165) is 21.8 Å². The Kier molecular flexibility index (Phi) is 2.26. The van der Waals surface area contributed by atoms with E-state index in [0.29, 0.717) is 0 Å². The highest BCUT2D eigenvalue weighted by molar-refractivity contribution is 8.00. The number of nitriles is 2. The maximum absolute atomic E-state index is 8.77. The molecule has 1 aliphatic rings. The highest BCUT2D eigenvalue weighted by atomic mass is 32.2. The highest BCUT2D eigenvalue weighted by Crippen LogP contribution is 2.39. The number of fused-ring (bicyclic) bond motifs is 1. The second-order valence-corrected chi connectivity index (χ2v) is 3.88. The lowest BCUT2D eigenvalue weighted by molar-refractivity contribution is 1.40. The summed E-state index contributed by atoms with van der Waals surface area (Å²) in [4.78, 5) is 1.16. The molecule has 0 saturated heterocycles. The fraction of sp³-hybridized carbons (Fsp3) is 0.0909. The largest absolute Gasteiger partial charge is 0.192 e. The molecule has 14 heavy (non-hydrogen) atoms. The zero-order valence-electron chi connectivity index (χ0n) is 7.32. The van der Waals surface area contributed by atoms with Crippen molar-refractivity contribution in [2.75, 3.05) is 5.75 Å². The lowest BCUT2D eigenvalue weighted by Gasteiger charge is -1.97. The third-order valence-electron chi connectivity index (χ3n) is 2.11. The molecule has 0 fully saturated rings. The van der Waals surface area contributed by atoms with Crippen LogP contribution in [0.25, 0.3) is 5.57 Å². The SMILES string of the molecule is N#CC(C#N)=C1CSc2ccccc21. The molecule has 0 saturated carbocycles. The van der Waals surface area contributed by atoms with E-state index in [-0.39, 0.29) is 5.57 Å². The first-order valence-corrected chi connectivity index (χ1v) is 5.11. The molecule has 1 heterocycles. The van der Waals surface area contributed by atoms with Gasteiger partial charge in [-0.1, -0.05) is 18.2 Å². The van der Waals surface area contributed by atoms with Crippen LogP contribution in [0.2, 0.25) is 0 Å². The summed E-state index contributed by atoms with van der Waals surface area (Å²) >= 11 is 1.67. The molecule has 0 aromatic heterocycles. The summed E-state index contributed by atoms with van der Waals surface area (Å²) in [5.41, 5.74) is 2.15. The molecule has 2 rings (SSSR count). The van der Waals surface area contributed by atoms with Crippen LogP contribution in [0.1, 0.15) is 5.56 Å². The van der Waals surface area contributed by atoms with Gasteiger partial charge >= 0.3 is 0 Å². The Balaban J connectivity index is 2.62. The van der Waals surface area contributed by atoms with E-state index >= 15 is 0 Å². The van der Waals surface area contributed by atoms with E-state index in [1.807, 2.05) is 36.4 Å². The van der Waals surface area contributed by atoms with E-state index in [9.17, 15) is 0 Å². The monoisotopic (exact) mass is 198 g/mol. The van der Waals surface area contributed by atoms with Gasteiger partial charge in [-0.15, -0.1) is 11.8 Å². The van der Waals surface area contributed by atoms with Crippen molar-refractivity contribution in [1.29, 1.82) is 10.5 Å². The molecular formula is C11H6N2S. The molecule has 66 valence electrons. The molecule has 0 radical (unpaired) electrons. The third-order valence-corrected chi connectivity index (χ3v) is 3.21. The molecule has 0 atom stereocenters. The fourth-order valence-electron chi connectivity index (χ4n) is 1.44. The van der Waals surface area contributed by atoms with Gasteiger partial charge in [-0.3, -0.25) is 0 Å². The predicted octanol–water partition coefficient (Wildman–Crippen LogP) is 2.59. The van der Waals surface area contributed by atoms with E-state index < -0.39 is 0 Å². The summed E-state index contributed by atoms with van der Waals surface area (Å²) in [5.74, 6) is 0.732. The number of hydrogen-bond acceptors (Lipinski definition) is 3. The lowest BCUT2D eigenvalue weighted by atomic mass is 10.0. The minimum atomic E-state index is 0.238. The summed E-state index contributed by atoms with van der Waals surface area (Å²) < 4.78 is 0. The molecule has 0 amide bonds. The lowest BCUT2D eigenvalue weighted by Crippen LogP contribution is -1.86. The molecule has 0 aliphatic carbocycles. The number of allylic oxidation sites excluding steroid dienone is 1. The van der Waals surface area contributed by atoms with Crippen molar-refractivity contribution in [2.45, 2.75) is 4.90 Å². The van der Waals surface area contributed by atoms with Crippen LogP contribution >= 0.6 is 11.8 Å². The maximum Gasteiger partial charge on any atom is 0.134 e. The summed E-state index contributed by atoms with van der Waals surface area (Å²) in [6, 6.07) is 11.7. The molecule has 0 N–H and O–H groups in total. The van der Waals surface area contributed by atoms with Crippen molar-refractivity contribution >= 4 is 17.3 Å². The molecule has 3 heteroatoms. The van der Waals surface area contributed by atoms with Crippen LogP contribution in [-0.4, -0.2) is 5.75 Å². The zero-order chi connectivity index (χ0) is 9.97. The van der Waals surface area contributed by atoms with Gasteiger partial charge in [0.15, 0.2) is 0 Å². The van der Waals surface area contributed by atoms with Crippen LogP contribution in [0.4, 0.5) is 0 Å². The molecule has 0 spiro atoms. The van der Waals surface area contributed by atoms with Gasteiger partial charge in [-0.05, 0) is 17.2 Å². The average Bonchev–Trinajstić information content (AvgIpc) is 2.65. The summed E-state index contributed by atoms with van der Waals surface area (Å²) in [6.07, 6.45) is 0. The van der Waals surface area contributed by atoms with Crippen molar-refractivity contribution in [3.8, 4) is 12.1 Å². The second kappa shape index (κ2) is 3.57. The Morgan fingerprint density at radius 3 is 2.64 bits per heavy atom.